The van der Waals surface area contributed by atoms with Gasteiger partial charge in [-0.25, -0.2) is 0 Å². The van der Waals surface area contributed by atoms with Gasteiger partial charge in [0.2, 0.25) is 0 Å². The smallest absolute Gasteiger partial charge is 0.313 e. The van der Waals surface area contributed by atoms with E-state index >= 15 is 0 Å². The first kappa shape index (κ1) is 13.0. The highest BCUT2D eigenvalue weighted by atomic mass is 35.5. The van der Waals surface area contributed by atoms with Crippen molar-refractivity contribution in [3.8, 4) is 0 Å². The van der Waals surface area contributed by atoms with Crippen LogP contribution in [0, 0.1) is 0 Å². The highest BCUT2D eigenvalue weighted by Gasteiger charge is 2.34. The van der Waals surface area contributed by atoms with Crippen LogP contribution in [-0.4, -0.2) is 24.7 Å². The summed E-state index contributed by atoms with van der Waals surface area (Å²) in [6, 6.07) is 7.03. The van der Waals surface area contributed by atoms with Crippen molar-refractivity contribution in [1.82, 2.24) is 5.32 Å². The molecule has 3 nitrogen and oxygen atoms in total. The molecule has 1 aromatic carbocycles. The van der Waals surface area contributed by atoms with Gasteiger partial charge in [0.15, 0.2) is 0 Å². The van der Waals surface area contributed by atoms with Gasteiger partial charge in [-0.1, -0.05) is 23.7 Å². The van der Waals surface area contributed by atoms with Crippen LogP contribution in [0.25, 0.3) is 0 Å². The Labute approximate surface area is 100 Å². The fraction of sp³-hybridized carbons (Fsp3) is 0.417. The molecule has 88 valence electrons. The number of carboxylic acids is 1. The number of carboxylic acid groups (broad SMARTS) is 1. The average Bonchev–Trinajstić information content (AvgIpc) is 2.25. The lowest BCUT2D eigenvalue weighted by molar-refractivity contribution is -0.143. The van der Waals surface area contributed by atoms with Gasteiger partial charge in [0.25, 0.3) is 0 Å². The van der Waals surface area contributed by atoms with Gasteiger partial charge in [0, 0.05) is 5.02 Å². The Bertz CT molecular complexity index is 381. The molecule has 0 heterocycles. The SMILES string of the molecule is CNCCC(C)(C(=O)O)c1cccc(Cl)c1. The van der Waals surface area contributed by atoms with Gasteiger partial charge in [0.05, 0.1) is 5.41 Å². The lowest BCUT2D eigenvalue weighted by Gasteiger charge is -2.25. The predicted molar refractivity (Wildman–Crippen MR) is 65.0 cm³/mol. The molecule has 1 aromatic rings. The van der Waals surface area contributed by atoms with Crippen molar-refractivity contribution in [2.24, 2.45) is 0 Å². The van der Waals surface area contributed by atoms with Gasteiger partial charge < -0.3 is 10.4 Å². The van der Waals surface area contributed by atoms with Crippen LogP contribution < -0.4 is 5.32 Å². The molecule has 0 spiro atoms. The van der Waals surface area contributed by atoms with Crippen LogP contribution in [0.5, 0.6) is 0 Å². The number of carbonyl (C=O) groups is 1. The highest BCUT2D eigenvalue weighted by Crippen LogP contribution is 2.29. The van der Waals surface area contributed by atoms with Gasteiger partial charge in [-0.2, -0.15) is 0 Å². The van der Waals surface area contributed by atoms with Crippen LogP contribution in [0.15, 0.2) is 24.3 Å². The Kier molecular flexibility index (Phi) is 4.33. The van der Waals surface area contributed by atoms with Gasteiger partial charge in [-0.3, -0.25) is 4.79 Å². The zero-order valence-corrected chi connectivity index (χ0v) is 10.2. The third-order valence-corrected chi connectivity index (χ3v) is 3.04. The second-order valence-corrected chi connectivity index (χ2v) is 4.44. The van der Waals surface area contributed by atoms with Crippen molar-refractivity contribution in [2.45, 2.75) is 18.8 Å². The summed E-state index contributed by atoms with van der Waals surface area (Å²) in [5, 5.41) is 12.9. The molecule has 0 saturated heterocycles. The number of halogens is 1. The molecule has 0 aliphatic carbocycles. The molecule has 4 heteroatoms. The van der Waals surface area contributed by atoms with Gasteiger partial charge >= 0.3 is 5.97 Å². The number of rotatable bonds is 5. The fourth-order valence-electron chi connectivity index (χ4n) is 1.58. The van der Waals surface area contributed by atoms with Crippen molar-refractivity contribution >= 4 is 17.6 Å². The van der Waals surface area contributed by atoms with Crippen LogP contribution in [0.1, 0.15) is 18.9 Å². The molecule has 16 heavy (non-hydrogen) atoms. The first-order valence-electron chi connectivity index (χ1n) is 5.15. The van der Waals surface area contributed by atoms with E-state index in [1.54, 1.807) is 38.2 Å². The molecule has 1 atom stereocenters. The molecule has 0 aliphatic rings. The van der Waals surface area contributed by atoms with E-state index in [1.807, 2.05) is 0 Å². The van der Waals surface area contributed by atoms with Crippen LogP contribution in [0.3, 0.4) is 0 Å². The molecule has 0 radical (unpaired) electrons. The zero-order chi connectivity index (χ0) is 12.2. The average molecular weight is 242 g/mol. The third kappa shape index (κ3) is 2.74. The quantitative estimate of drug-likeness (QED) is 0.832. The van der Waals surface area contributed by atoms with Crippen molar-refractivity contribution in [1.29, 1.82) is 0 Å². The van der Waals surface area contributed by atoms with E-state index in [0.29, 0.717) is 18.0 Å². The maximum atomic E-state index is 11.4. The lowest BCUT2D eigenvalue weighted by Crippen LogP contribution is -2.35. The van der Waals surface area contributed by atoms with Crippen molar-refractivity contribution < 1.29 is 9.90 Å². The summed E-state index contributed by atoms with van der Waals surface area (Å²) >= 11 is 5.88. The molecule has 1 rings (SSSR count). The van der Waals surface area contributed by atoms with Crippen LogP contribution in [-0.2, 0) is 10.2 Å². The Morgan fingerprint density at radius 3 is 2.75 bits per heavy atom. The molecule has 0 amide bonds. The van der Waals surface area contributed by atoms with E-state index in [1.165, 1.54) is 0 Å². The normalized spacial score (nSPS) is 14.4. The summed E-state index contributed by atoms with van der Waals surface area (Å²) in [5.41, 5.74) is -0.156. The maximum absolute atomic E-state index is 11.4. The van der Waals surface area contributed by atoms with E-state index in [2.05, 4.69) is 5.32 Å². The van der Waals surface area contributed by atoms with E-state index in [0.717, 1.165) is 5.56 Å². The van der Waals surface area contributed by atoms with E-state index < -0.39 is 11.4 Å². The number of nitrogens with one attached hydrogen (secondary N) is 1. The molecule has 0 bridgehead atoms. The minimum absolute atomic E-state index is 0.527. The standard InChI is InChI=1S/C12H16ClNO2/c1-12(11(15)16,6-7-14-2)9-4-3-5-10(13)8-9/h3-5,8,14H,6-7H2,1-2H3,(H,15,16). The van der Waals surface area contributed by atoms with E-state index in [-0.39, 0.29) is 0 Å². The van der Waals surface area contributed by atoms with Crippen LogP contribution in [0.4, 0.5) is 0 Å². The Morgan fingerprint density at radius 1 is 1.56 bits per heavy atom. The summed E-state index contributed by atoms with van der Waals surface area (Å²) < 4.78 is 0. The summed E-state index contributed by atoms with van der Waals surface area (Å²) in [4.78, 5) is 11.4. The summed E-state index contributed by atoms with van der Waals surface area (Å²) in [7, 11) is 1.81. The van der Waals surface area contributed by atoms with E-state index in [9.17, 15) is 9.90 Å². The van der Waals surface area contributed by atoms with Gasteiger partial charge in [-0.15, -0.1) is 0 Å². The fourth-order valence-corrected chi connectivity index (χ4v) is 1.77. The Hall–Kier alpha value is -1.06. The number of hydrogen-bond acceptors (Lipinski definition) is 2. The molecular weight excluding hydrogens is 226 g/mol. The van der Waals surface area contributed by atoms with Crippen molar-refractivity contribution in [2.75, 3.05) is 13.6 Å². The second-order valence-electron chi connectivity index (χ2n) is 4.00. The Morgan fingerprint density at radius 2 is 2.25 bits per heavy atom. The number of benzene rings is 1. The first-order valence-corrected chi connectivity index (χ1v) is 5.52. The van der Waals surface area contributed by atoms with Gasteiger partial charge in [0.1, 0.15) is 0 Å². The molecular formula is C12H16ClNO2. The minimum atomic E-state index is -0.895. The van der Waals surface area contributed by atoms with Crippen LogP contribution >= 0.6 is 11.6 Å². The Balaban J connectivity index is 3.06. The predicted octanol–water partition coefficient (Wildman–Crippen LogP) is 2.29. The summed E-state index contributed by atoms with van der Waals surface area (Å²) in [6.07, 6.45) is 0.527. The van der Waals surface area contributed by atoms with Crippen molar-refractivity contribution in [3.63, 3.8) is 0 Å². The number of hydrogen-bond donors (Lipinski definition) is 2. The maximum Gasteiger partial charge on any atom is 0.313 e. The summed E-state index contributed by atoms with van der Waals surface area (Å²) in [6.45, 7) is 2.37. The molecule has 0 saturated carbocycles. The van der Waals surface area contributed by atoms with E-state index in [4.69, 9.17) is 11.6 Å². The molecule has 2 N–H and O–H groups in total. The largest absolute Gasteiger partial charge is 0.481 e. The topological polar surface area (TPSA) is 49.3 Å². The van der Waals surface area contributed by atoms with Crippen LogP contribution in [0.2, 0.25) is 5.02 Å². The third-order valence-electron chi connectivity index (χ3n) is 2.81. The molecule has 0 fully saturated rings. The molecule has 0 aliphatic heterocycles. The first-order chi connectivity index (χ1) is 7.50. The summed E-state index contributed by atoms with van der Waals surface area (Å²) in [5.74, 6) is -0.829. The second kappa shape index (κ2) is 5.32. The minimum Gasteiger partial charge on any atom is -0.481 e. The lowest BCUT2D eigenvalue weighted by atomic mass is 9.79. The van der Waals surface area contributed by atoms with Crippen molar-refractivity contribution in [3.05, 3.63) is 34.9 Å². The monoisotopic (exact) mass is 241 g/mol. The number of aliphatic carboxylic acids is 1. The molecule has 1 unspecified atom stereocenters. The van der Waals surface area contributed by atoms with Gasteiger partial charge in [-0.05, 0) is 44.6 Å². The zero-order valence-electron chi connectivity index (χ0n) is 9.46. The highest BCUT2D eigenvalue weighted by molar-refractivity contribution is 6.30. The molecule has 0 aromatic heterocycles.